The van der Waals surface area contributed by atoms with Gasteiger partial charge < -0.3 is 9.13 Å². The molecule has 2 heteroatoms. The average molecular weight is 573 g/mol. The smallest absolute Gasteiger partial charge is 0.0788 e. The minimum Gasteiger partial charge on any atom is -0.307 e. The molecule has 0 radical (unpaired) electrons. The second-order valence-electron chi connectivity index (χ2n) is 12.2. The number of para-hydroxylation sites is 3. The van der Waals surface area contributed by atoms with Crippen LogP contribution in [0.3, 0.4) is 0 Å². The van der Waals surface area contributed by atoms with Crippen molar-refractivity contribution in [2.75, 3.05) is 0 Å². The van der Waals surface area contributed by atoms with Gasteiger partial charge in [-0.2, -0.15) is 0 Å². The van der Waals surface area contributed by atoms with E-state index >= 15 is 0 Å². The largest absolute Gasteiger partial charge is 0.307 e. The van der Waals surface area contributed by atoms with Gasteiger partial charge >= 0.3 is 0 Å². The predicted molar refractivity (Wildman–Crippen MR) is 189 cm³/mol. The molecule has 0 fully saturated rings. The summed E-state index contributed by atoms with van der Waals surface area (Å²) in [5, 5.41) is 5.08. The van der Waals surface area contributed by atoms with Crippen LogP contribution in [0.25, 0.3) is 77.2 Å². The van der Waals surface area contributed by atoms with E-state index in [0.717, 1.165) is 6.42 Å². The van der Waals surface area contributed by atoms with Crippen LogP contribution >= 0.6 is 0 Å². The van der Waals surface area contributed by atoms with E-state index in [0.29, 0.717) is 0 Å². The maximum Gasteiger partial charge on any atom is 0.0788 e. The number of rotatable bonds is 3. The van der Waals surface area contributed by atoms with Gasteiger partial charge in [0.25, 0.3) is 0 Å². The Kier molecular flexibility index (Phi) is 5.09. The van der Waals surface area contributed by atoms with E-state index < -0.39 is 0 Å². The summed E-state index contributed by atoms with van der Waals surface area (Å²) in [6, 6.07) is 57.9. The van der Waals surface area contributed by atoms with Gasteiger partial charge in [-0.3, -0.25) is 0 Å². The van der Waals surface area contributed by atoms with E-state index in [-0.39, 0.29) is 0 Å². The third kappa shape index (κ3) is 3.51. The zero-order valence-corrected chi connectivity index (χ0v) is 24.6. The van der Waals surface area contributed by atoms with Gasteiger partial charge in [-0.15, -0.1) is 0 Å². The topological polar surface area (TPSA) is 9.86 Å². The lowest BCUT2D eigenvalue weighted by atomic mass is 9.99. The average Bonchev–Trinajstić information content (AvgIpc) is 3.76. The summed E-state index contributed by atoms with van der Waals surface area (Å²) < 4.78 is 4.96. The Morgan fingerprint density at radius 1 is 0.356 bits per heavy atom. The maximum atomic E-state index is 2.50. The molecular weight excluding hydrogens is 544 g/mol. The van der Waals surface area contributed by atoms with Crippen LogP contribution < -0.4 is 0 Å². The summed E-state index contributed by atoms with van der Waals surface area (Å²) in [7, 11) is 0. The highest BCUT2D eigenvalue weighted by Gasteiger charge is 2.23. The summed E-state index contributed by atoms with van der Waals surface area (Å²) in [5.74, 6) is 0. The molecule has 0 atom stereocenters. The molecule has 0 amide bonds. The molecule has 2 aromatic heterocycles. The van der Waals surface area contributed by atoms with Crippen molar-refractivity contribution in [1.82, 2.24) is 9.13 Å². The molecule has 7 aromatic carbocycles. The normalized spacial score (nSPS) is 12.4. The van der Waals surface area contributed by atoms with Crippen LogP contribution in [0.1, 0.15) is 11.1 Å². The Labute approximate surface area is 261 Å². The van der Waals surface area contributed by atoms with Crippen molar-refractivity contribution in [3.05, 3.63) is 169 Å². The van der Waals surface area contributed by atoms with E-state index in [2.05, 4.69) is 167 Å². The highest BCUT2D eigenvalue weighted by molar-refractivity contribution is 6.23. The lowest BCUT2D eigenvalue weighted by Crippen LogP contribution is -1.99. The first kappa shape index (κ1) is 24.6. The van der Waals surface area contributed by atoms with Gasteiger partial charge in [0.15, 0.2) is 0 Å². The van der Waals surface area contributed by atoms with E-state index in [4.69, 9.17) is 0 Å². The fourth-order valence-electron chi connectivity index (χ4n) is 7.74. The van der Waals surface area contributed by atoms with Crippen LogP contribution in [0.4, 0.5) is 0 Å². The van der Waals surface area contributed by atoms with Crippen molar-refractivity contribution >= 4 is 43.6 Å². The molecule has 0 unspecified atom stereocenters. The van der Waals surface area contributed by atoms with E-state index in [1.54, 1.807) is 0 Å². The van der Waals surface area contributed by atoms with Gasteiger partial charge in [-0.05, 0) is 76.2 Å². The summed E-state index contributed by atoms with van der Waals surface area (Å²) >= 11 is 0. The van der Waals surface area contributed by atoms with E-state index in [9.17, 15) is 0 Å². The SMILES string of the molecule is c1ccc(-c2ccc3c(c2)Cc2ccc(-n4c5ccccc5c5ccc6c7ccccc7n(-c7ccccc7)c6c54)cc2-3)cc1. The molecular formula is C43H28N2. The minimum absolute atomic E-state index is 0.964. The van der Waals surface area contributed by atoms with Crippen molar-refractivity contribution in [3.63, 3.8) is 0 Å². The summed E-state index contributed by atoms with van der Waals surface area (Å²) in [6.45, 7) is 0. The van der Waals surface area contributed by atoms with Crippen LogP contribution in [-0.2, 0) is 6.42 Å². The molecule has 1 aliphatic carbocycles. The molecule has 0 N–H and O–H groups in total. The van der Waals surface area contributed by atoms with Crippen LogP contribution in [-0.4, -0.2) is 9.13 Å². The van der Waals surface area contributed by atoms with E-state index in [1.165, 1.54) is 88.4 Å². The number of nitrogens with zero attached hydrogens (tertiary/aromatic N) is 2. The van der Waals surface area contributed by atoms with Gasteiger partial charge in [0.2, 0.25) is 0 Å². The molecule has 1 aliphatic rings. The summed E-state index contributed by atoms with van der Waals surface area (Å²) in [5.41, 5.74) is 15.3. The second kappa shape index (κ2) is 9.32. The van der Waals surface area contributed by atoms with Crippen molar-refractivity contribution in [3.8, 4) is 33.6 Å². The second-order valence-corrected chi connectivity index (χ2v) is 12.2. The fraction of sp³-hybridized carbons (Fsp3) is 0.0233. The van der Waals surface area contributed by atoms with Crippen LogP contribution in [0.2, 0.25) is 0 Å². The zero-order valence-electron chi connectivity index (χ0n) is 24.6. The van der Waals surface area contributed by atoms with Crippen LogP contribution in [0, 0.1) is 0 Å². The molecule has 10 rings (SSSR count). The van der Waals surface area contributed by atoms with E-state index in [1.807, 2.05) is 0 Å². The zero-order chi connectivity index (χ0) is 29.5. The number of benzene rings is 7. The molecule has 0 spiro atoms. The van der Waals surface area contributed by atoms with Crippen LogP contribution in [0.5, 0.6) is 0 Å². The van der Waals surface area contributed by atoms with Gasteiger partial charge in [0.05, 0.1) is 22.1 Å². The highest BCUT2D eigenvalue weighted by atomic mass is 15.0. The number of hydrogen-bond donors (Lipinski definition) is 0. The minimum atomic E-state index is 0.964. The molecule has 9 aromatic rings. The van der Waals surface area contributed by atoms with Gasteiger partial charge in [0.1, 0.15) is 0 Å². The maximum absolute atomic E-state index is 2.50. The van der Waals surface area contributed by atoms with Crippen molar-refractivity contribution in [2.24, 2.45) is 0 Å². The molecule has 0 saturated heterocycles. The van der Waals surface area contributed by atoms with Gasteiger partial charge in [-0.1, -0.05) is 121 Å². The number of hydrogen-bond acceptors (Lipinski definition) is 0. The van der Waals surface area contributed by atoms with Gasteiger partial charge in [-0.25, -0.2) is 0 Å². The Hall–Kier alpha value is -5.86. The first-order valence-electron chi connectivity index (χ1n) is 15.7. The highest BCUT2D eigenvalue weighted by Crippen LogP contribution is 2.44. The predicted octanol–water partition coefficient (Wildman–Crippen LogP) is 11.1. The Morgan fingerprint density at radius 3 is 1.64 bits per heavy atom. The first-order valence-corrected chi connectivity index (χ1v) is 15.7. The number of fused-ring (bicyclic) bond motifs is 10. The Balaban J connectivity index is 1.27. The standard InChI is InChI=1S/C43H28N2/c1-3-11-28(12-4-1)29-20-22-34-31(25-29)26-30-19-21-33(27-39(30)34)45-41-18-10-8-16-36(41)38-24-23-37-35-15-7-9-17-40(35)44(42(37)43(38)45)32-13-5-2-6-14-32/h1-25,27H,26H2. The molecule has 45 heavy (non-hydrogen) atoms. The van der Waals surface area contributed by atoms with Crippen molar-refractivity contribution in [1.29, 1.82) is 0 Å². The molecule has 2 nitrogen and oxygen atoms in total. The van der Waals surface area contributed by atoms with Crippen LogP contribution in [0.15, 0.2) is 158 Å². The Morgan fingerprint density at radius 2 is 0.956 bits per heavy atom. The number of aromatic nitrogens is 2. The fourth-order valence-corrected chi connectivity index (χ4v) is 7.74. The van der Waals surface area contributed by atoms with Crippen molar-refractivity contribution in [2.45, 2.75) is 6.42 Å². The third-order valence-corrected chi connectivity index (χ3v) is 9.72. The molecule has 210 valence electrons. The molecule has 0 saturated carbocycles. The first-order chi connectivity index (χ1) is 22.3. The van der Waals surface area contributed by atoms with Crippen molar-refractivity contribution < 1.29 is 0 Å². The molecule has 2 heterocycles. The Bertz CT molecular complexity index is 2600. The third-order valence-electron chi connectivity index (χ3n) is 9.72. The lowest BCUT2D eigenvalue weighted by molar-refractivity contribution is 1.15. The molecule has 0 bridgehead atoms. The quantitative estimate of drug-likeness (QED) is 0.199. The van der Waals surface area contributed by atoms with Gasteiger partial charge in [0, 0.05) is 32.9 Å². The molecule has 0 aliphatic heterocycles. The summed E-state index contributed by atoms with van der Waals surface area (Å²) in [6.07, 6.45) is 0.964. The monoisotopic (exact) mass is 572 g/mol. The summed E-state index contributed by atoms with van der Waals surface area (Å²) in [4.78, 5) is 0. The lowest BCUT2D eigenvalue weighted by Gasteiger charge is -2.14.